The number of ether oxygens (including phenoxy) is 2. The number of hydrogen-bond donors (Lipinski definition) is 0. The Balaban J connectivity index is 1.38. The summed E-state index contributed by atoms with van der Waals surface area (Å²) in [6.45, 7) is 0.729. The quantitative estimate of drug-likeness (QED) is 0.635. The van der Waals surface area contributed by atoms with Gasteiger partial charge in [0.25, 0.3) is 11.1 Å². The van der Waals surface area contributed by atoms with Crippen molar-refractivity contribution in [1.82, 2.24) is 9.80 Å². The number of amides is 2. The molecule has 0 aliphatic carbocycles. The van der Waals surface area contributed by atoms with Crippen LogP contribution in [0.3, 0.4) is 0 Å². The van der Waals surface area contributed by atoms with Gasteiger partial charge in [-0.25, -0.2) is 0 Å². The normalized spacial score (nSPS) is 18.8. The zero-order valence-electron chi connectivity index (χ0n) is 15.2. The molecule has 0 radical (unpaired) electrons. The molecule has 0 bridgehead atoms. The fourth-order valence-electron chi connectivity index (χ4n) is 3.14. The Morgan fingerprint density at radius 1 is 1.10 bits per heavy atom. The van der Waals surface area contributed by atoms with Crippen LogP contribution in [0, 0.1) is 0 Å². The third kappa shape index (κ3) is 4.17. The number of hydrogen-bond acceptors (Lipinski definition) is 6. The van der Waals surface area contributed by atoms with Crippen molar-refractivity contribution in [2.75, 3.05) is 19.9 Å². The van der Waals surface area contributed by atoms with E-state index in [4.69, 9.17) is 9.47 Å². The summed E-state index contributed by atoms with van der Waals surface area (Å²) in [7, 11) is 0. The number of benzene rings is 2. The molecule has 2 aromatic rings. The Labute approximate surface area is 180 Å². The van der Waals surface area contributed by atoms with Crippen molar-refractivity contribution < 1.29 is 23.9 Å². The monoisotopic (exact) mass is 476 g/mol. The number of halogens is 1. The van der Waals surface area contributed by atoms with Gasteiger partial charge in [-0.3, -0.25) is 19.3 Å². The van der Waals surface area contributed by atoms with Gasteiger partial charge in [0.1, 0.15) is 5.75 Å². The van der Waals surface area contributed by atoms with E-state index in [2.05, 4.69) is 15.9 Å². The third-order valence-electron chi connectivity index (χ3n) is 4.59. The van der Waals surface area contributed by atoms with E-state index in [0.717, 1.165) is 5.56 Å². The Morgan fingerprint density at radius 2 is 1.90 bits per heavy atom. The molecule has 2 aliphatic heterocycles. The van der Waals surface area contributed by atoms with Gasteiger partial charge in [0.15, 0.2) is 6.73 Å². The standard InChI is InChI=1S/C20H17BrN2O5S/c21-14-7-4-8-15-16(14)17(24)22(12-28-15)9-10-27-18-19(25)29-20(26)23(18)11-13-5-2-1-3-6-13/h1-8,18H,9-12H2. The number of nitrogens with zero attached hydrogens (tertiary/aromatic N) is 2. The van der Waals surface area contributed by atoms with Gasteiger partial charge >= 0.3 is 0 Å². The maximum Gasteiger partial charge on any atom is 0.292 e. The van der Waals surface area contributed by atoms with E-state index in [0.29, 0.717) is 27.5 Å². The van der Waals surface area contributed by atoms with Crippen LogP contribution in [0.25, 0.3) is 0 Å². The molecule has 1 atom stereocenters. The zero-order valence-corrected chi connectivity index (χ0v) is 17.6. The Morgan fingerprint density at radius 3 is 2.69 bits per heavy atom. The predicted molar refractivity (Wildman–Crippen MR) is 110 cm³/mol. The molecule has 0 spiro atoms. The lowest BCUT2D eigenvalue weighted by molar-refractivity contribution is -0.130. The van der Waals surface area contributed by atoms with E-state index in [1.807, 2.05) is 30.3 Å². The third-order valence-corrected chi connectivity index (χ3v) is 6.06. The summed E-state index contributed by atoms with van der Waals surface area (Å²) < 4.78 is 12.0. The summed E-state index contributed by atoms with van der Waals surface area (Å²) in [5, 5.41) is -0.681. The summed E-state index contributed by atoms with van der Waals surface area (Å²) >= 11 is 4.02. The van der Waals surface area contributed by atoms with Crippen LogP contribution in [0.15, 0.2) is 53.0 Å². The van der Waals surface area contributed by atoms with Crippen LogP contribution in [0.5, 0.6) is 5.75 Å². The molecule has 2 aromatic carbocycles. The van der Waals surface area contributed by atoms with Crippen molar-refractivity contribution in [2.45, 2.75) is 12.8 Å². The van der Waals surface area contributed by atoms with Crippen LogP contribution in [0.4, 0.5) is 4.79 Å². The molecule has 2 heterocycles. The largest absolute Gasteiger partial charge is 0.472 e. The molecule has 29 heavy (non-hydrogen) atoms. The molecule has 9 heteroatoms. The average Bonchev–Trinajstić information content (AvgIpc) is 2.97. The first-order valence-corrected chi connectivity index (χ1v) is 10.5. The number of carbonyl (C=O) groups is 3. The molecule has 150 valence electrons. The number of thioether (sulfide) groups is 1. The predicted octanol–water partition coefficient (Wildman–Crippen LogP) is 3.48. The number of carbonyl (C=O) groups excluding carboxylic acids is 3. The van der Waals surface area contributed by atoms with Gasteiger partial charge in [0.2, 0.25) is 11.3 Å². The van der Waals surface area contributed by atoms with Crippen LogP contribution >= 0.6 is 27.7 Å². The summed E-state index contributed by atoms with van der Waals surface area (Å²) in [6.07, 6.45) is -0.965. The molecule has 2 amide bonds. The van der Waals surface area contributed by atoms with Crippen LogP contribution in [-0.2, 0) is 16.1 Å². The highest BCUT2D eigenvalue weighted by Crippen LogP contribution is 2.31. The lowest BCUT2D eigenvalue weighted by atomic mass is 10.1. The highest BCUT2D eigenvalue weighted by Gasteiger charge is 2.40. The molecule has 2 aliphatic rings. The first-order chi connectivity index (χ1) is 14.0. The molecular weight excluding hydrogens is 460 g/mol. The minimum atomic E-state index is -0.965. The summed E-state index contributed by atoms with van der Waals surface area (Å²) in [4.78, 5) is 40.0. The highest BCUT2D eigenvalue weighted by atomic mass is 79.9. The Bertz CT molecular complexity index is 955. The van der Waals surface area contributed by atoms with E-state index in [9.17, 15) is 14.4 Å². The van der Waals surface area contributed by atoms with Gasteiger partial charge in [0, 0.05) is 29.3 Å². The van der Waals surface area contributed by atoms with Crippen LogP contribution < -0.4 is 4.74 Å². The molecule has 0 aromatic heterocycles. The van der Waals surface area contributed by atoms with Crippen molar-refractivity contribution in [1.29, 1.82) is 0 Å². The lowest BCUT2D eigenvalue weighted by Gasteiger charge is -2.30. The molecule has 7 nitrogen and oxygen atoms in total. The number of rotatable bonds is 6. The second-order valence-corrected chi connectivity index (χ2v) is 8.29. The Hall–Kier alpha value is -2.36. The van der Waals surface area contributed by atoms with E-state index in [1.165, 1.54) is 9.80 Å². The second kappa shape index (κ2) is 8.56. The zero-order chi connectivity index (χ0) is 20.4. The molecular formula is C20H17BrN2O5S. The maximum atomic E-state index is 12.7. The fraction of sp³-hybridized carbons (Fsp3) is 0.250. The van der Waals surface area contributed by atoms with Crippen molar-refractivity contribution >= 4 is 44.0 Å². The van der Waals surface area contributed by atoms with Gasteiger partial charge in [-0.05, 0) is 33.6 Å². The number of fused-ring (bicyclic) bond motifs is 1. The average molecular weight is 477 g/mol. The summed E-state index contributed by atoms with van der Waals surface area (Å²) in [5.74, 6) is 0.357. The van der Waals surface area contributed by atoms with Crippen molar-refractivity contribution in [3.8, 4) is 5.75 Å². The molecule has 1 unspecified atom stereocenters. The van der Waals surface area contributed by atoms with E-state index < -0.39 is 6.23 Å². The van der Waals surface area contributed by atoms with Crippen molar-refractivity contribution in [3.05, 3.63) is 64.1 Å². The molecule has 4 rings (SSSR count). The van der Waals surface area contributed by atoms with Gasteiger partial charge in [-0.15, -0.1) is 0 Å². The SMILES string of the molecule is O=C1SC(=O)N(Cc2ccccc2)C1OCCN1COc2cccc(Br)c2C1=O. The molecule has 0 saturated carbocycles. The molecule has 1 saturated heterocycles. The minimum absolute atomic E-state index is 0.102. The maximum absolute atomic E-state index is 12.7. The van der Waals surface area contributed by atoms with Gasteiger partial charge < -0.3 is 14.4 Å². The van der Waals surface area contributed by atoms with Crippen LogP contribution in [0.1, 0.15) is 15.9 Å². The highest BCUT2D eigenvalue weighted by molar-refractivity contribution is 9.10. The van der Waals surface area contributed by atoms with Crippen LogP contribution in [0.2, 0.25) is 0 Å². The first kappa shape index (κ1) is 19.9. The Kier molecular flexibility index (Phi) is 5.89. The van der Waals surface area contributed by atoms with Crippen LogP contribution in [-0.4, -0.2) is 52.2 Å². The van der Waals surface area contributed by atoms with Crippen molar-refractivity contribution in [2.24, 2.45) is 0 Å². The van der Waals surface area contributed by atoms with Gasteiger partial charge in [-0.1, -0.05) is 36.4 Å². The van der Waals surface area contributed by atoms with E-state index in [-0.39, 0.29) is 42.7 Å². The second-order valence-electron chi connectivity index (χ2n) is 6.48. The molecule has 0 N–H and O–H groups in total. The summed E-state index contributed by atoms with van der Waals surface area (Å²) in [5.41, 5.74) is 1.37. The smallest absolute Gasteiger partial charge is 0.292 e. The first-order valence-electron chi connectivity index (χ1n) is 8.93. The van der Waals surface area contributed by atoms with Crippen molar-refractivity contribution in [3.63, 3.8) is 0 Å². The minimum Gasteiger partial charge on any atom is -0.472 e. The summed E-state index contributed by atoms with van der Waals surface area (Å²) in [6, 6.07) is 14.7. The van der Waals surface area contributed by atoms with E-state index >= 15 is 0 Å². The van der Waals surface area contributed by atoms with Gasteiger partial charge in [0.05, 0.1) is 12.2 Å². The van der Waals surface area contributed by atoms with E-state index in [1.54, 1.807) is 18.2 Å². The van der Waals surface area contributed by atoms with Gasteiger partial charge in [-0.2, -0.15) is 0 Å². The fourth-order valence-corrected chi connectivity index (χ4v) is 4.40. The lowest BCUT2D eigenvalue weighted by Crippen LogP contribution is -2.43. The topological polar surface area (TPSA) is 76.2 Å². The molecule has 1 fully saturated rings.